The van der Waals surface area contributed by atoms with Crippen LogP contribution in [0.5, 0.6) is 34.5 Å². The number of hydrogen-bond acceptors (Lipinski definition) is 9. The molecule has 212 valence electrons. The van der Waals surface area contributed by atoms with Crippen LogP contribution in [0.15, 0.2) is 60.2 Å². The van der Waals surface area contributed by atoms with Crippen LogP contribution < -0.4 is 38.6 Å². The Morgan fingerprint density at radius 1 is 0.854 bits per heavy atom. The third-order valence-electron chi connectivity index (χ3n) is 6.21. The first-order chi connectivity index (χ1) is 19.9. The second kappa shape index (κ2) is 11.9. The lowest BCUT2D eigenvalue weighted by Crippen LogP contribution is -2.54. The van der Waals surface area contributed by atoms with Gasteiger partial charge in [0.1, 0.15) is 23.7 Å². The number of anilines is 1. The molecule has 0 saturated carbocycles. The molecule has 0 bridgehead atoms. The number of carbonyl (C=O) groups excluding carboxylic acids is 3. The number of methoxy groups -OCH3 is 1. The molecule has 1 N–H and O–H groups in total. The second-order valence-corrected chi connectivity index (χ2v) is 8.84. The predicted octanol–water partition coefficient (Wildman–Crippen LogP) is 4.47. The summed E-state index contributed by atoms with van der Waals surface area (Å²) in [6, 6.07) is 14.4. The molecule has 2 heterocycles. The molecule has 3 aromatic rings. The number of benzene rings is 3. The highest BCUT2D eigenvalue weighted by molar-refractivity contribution is 6.39. The van der Waals surface area contributed by atoms with E-state index in [0.29, 0.717) is 53.3 Å². The van der Waals surface area contributed by atoms with Crippen molar-refractivity contribution in [2.24, 2.45) is 0 Å². The summed E-state index contributed by atoms with van der Waals surface area (Å²) in [7, 11) is 1.49. The standard InChI is InChI=1S/C30H28N2O9/c1-4-37-20-8-11-23(38-5-2)22(15-20)32-29(34)21(28(33)31-30(32)35)12-18-6-9-24(26(13-18)36-3)39-16-19-7-10-25-27(14-19)41-17-40-25/h6-15H,4-5,16-17H2,1-3H3,(H,31,33,35)/b21-12+. The molecule has 11 nitrogen and oxygen atoms in total. The molecule has 0 aromatic heterocycles. The zero-order valence-electron chi connectivity index (χ0n) is 22.7. The maximum Gasteiger partial charge on any atom is 0.336 e. The van der Waals surface area contributed by atoms with Crippen LogP contribution in [0, 0.1) is 0 Å². The highest BCUT2D eigenvalue weighted by atomic mass is 16.7. The first kappa shape index (κ1) is 27.4. The van der Waals surface area contributed by atoms with Crippen molar-refractivity contribution < 1.29 is 42.8 Å². The Kier molecular flexibility index (Phi) is 7.95. The molecule has 1 fully saturated rings. The molecule has 2 aliphatic heterocycles. The van der Waals surface area contributed by atoms with Crippen LogP contribution in [0.4, 0.5) is 10.5 Å². The number of carbonyl (C=O) groups is 3. The highest BCUT2D eigenvalue weighted by Crippen LogP contribution is 2.36. The maximum atomic E-state index is 13.5. The molecule has 0 aliphatic carbocycles. The number of hydrogen-bond donors (Lipinski definition) is 1. The van der Waals surface area contributed by atoms with E-state index in [4.69, 9.17) is 28.4 Å². The van der Waals surface area contributed by atoms with Crippen molar-refractivity contribution in [3.05, 3.63) is 71.3 Å². The molecule has 0 unspecified atom stereocenters. The number of ether oxygens (including phenoxy) is 6. The van der Waals surface area contributed by atoms with Gasteiger partial charge in [0.25, 0.3) is 11.8 Å². The van der Waals surface area contributed by atoms with Crippen LogP contribution in [0.1, 0.15) is 25.0 Å². The van der Waals surface area contributed by atoms with Crippen LogP contribution in [0.3, 0.4) is 0 Å². The van der Waals surface area contributed by atoms with Gasteiger partial charge in [0.05, 0.1) is 26.0 Å². The zero-order chi connectivity index (χ0) is 28.9. The van der Waals surface area contributed by atoms with E-state index in [2.05, 4.69) is 5.32 Å². The average Bonchev–Trinajstić information content (AvgIpc) is 3.44. The smallest absolute Gasteiger partial charge is 0.336 e. The van der Waals surface area contributed by atoms with E-state index < -0.39 is 17.8 Å². The molecule has 1 saturated heterocycles. The van der Waals surface area contributed by atoms with Gasteiger partial charge in [-0.1, -0.05) is 12.1 Å². The van der Waals surface area contributed by atoms with Crippen molar-refractivity contribution in [3.63, 3.8) is 0 Å². The van der Waals surface area contributed by atoms with Gasteiger partial charge in [-0.2, -0.15) is 0 Å². The van der Waals surface area contributed by atoms with Crippen LogP contribution in [0.25, 0.3) is 6.08 Å². The third kappa shape index (κ3) is 5.74. The Hall–Kier alpha value is -5.19. The van der Waals surface area contributed by atoms with Gasteiger partial charge in [-0.05, 0) is 67.4 Å². The van der Waals surface area contributed by atoms with E-state index in [-0.39, 0.29) is 24.7 Å². The minimum atomic E-state index is -0.892. The van der Waals surface area contributed by atoms with Crippen molar-refractivity contribution >= 4 is 29.6 Å². The summed E-state index contributed by atoms with van der Waals surface area (Å²) in [6.45, 7) is 4.71. The zero-order valence-corrected chi connectivity index (χ0v) is 22.7. The molecule has 5 rings (SSSR count). The van der Waals surface area contributed by atoms with Crippen molar-refractivity contribution in [1.82, 2.24) is 5.32 Å². The van der Waals surface area contributed by atoms with Gasteiger partial charge >= 0.3 is 6.03 Å². The molecule has 2 aliphatic rings. The van der Waals surface area contributed by atoms with E-state index in [1.54, 1.807) is 37.3 Å². The van der Waals surface area contributed by atoms with Gasteiger partial charge in [-0.3, -0.25) is 14.9 Å². The Morgan fingerprint density at radius 3 is 2.41 bits per heavy atom. The monoisotopic (exact) mass is 560 g/mol. The van der Waals surface area contributed by atoms with Gasteiger partial charge in [-0.15, -0.1) is 0 Å². The van der Waals surface area contributed by atoms with Gasteiger partial charge in [-0.25, -0.2) is 9.69 Å². The molecule has 3 aromatic carbocycles. The fraction of sp³-hybridized carbons (Fsp3) is 0.233. The summed E-state index contributed by atoms with van der Waals surface area (Å²) >= 11 is 0. The topological polar surface area (TPSA) is 122 Å². The Bertz CT molecular complexity index is 1530. The largest absolute Gasteiger partial charge is 0.494 e. The van der Waals surface area contributed by atoms with Gasteiger partial charge < -0.3 is 28.4 Å². The lowest BCUT2D eigenvalue weighted by Gasteiger charge is -2.28. The summed E-state index contributed by atoms with van der Waals surface area (Å²) in [5.74, 6) is 1.28. The number of nitrogens with zero attached hydrogens (tertiary/aromatic N) is 1. The fourth-order valence-corrected chi connectivity index (χ4v) is 4.33. The lowest BCUT2D eigenvalue weighted by atomic mass is 10.1. The predicted molar refractivity (Wildman–Crippen MR) is 148 cm³/mol. The van der Waals surface area contributed by atoms with E-state index in [0.717, 1.165) is 10.5 Å². The molecule has 11 heteroatoms. The minimum Gasteiger partial charge on any atom is -0.494 e. The molecular formula is C30H28N2O9. The minimum absolute atomic E-state index is 0.156. The first-order valence-electron chi connectivity index (χ1n) is 12.9. The van der Waals surface area contributed by atoms with Crippen molar-refractivity contribution in [2.75, 3.05) is 32.0 Å². The summed E-state index contributed by atoms with van der Waals surface area (Å²) in [5, 5.41) is 2.23. The van der Waals surface area contributed by atoms with E-state index in [1.807, 2.05) is 25.1 Å². The van der Waals surface area contributed by atoms with E-state index >= 15 is 0 Å². The number of imide groups is 2. The van der Waals surface area contributed by atoms with Crippen molar-refractivity contribution in [3.8, 4) is 34.5 Å². The van der Waals surface area contributed by atoms with Gasteiger partial charge in [0, 0.05) is 6.07 Å². The number of fused-ring (bicyclic) bond motifs is 1. The van der Waals surface area contributed by atoms with Crippen LogP contribution >= 0.6 is 0 Å². The summed E-state index contributed by atoms with van der Waals surface area (Å²) in [5.41, 5.74) is 1.27. The number of barbiturate groups is 1. The van der Waals surface area contributed by atoms with E-state index in [9.17, 15) is 14.4 Å². The number of amides is 4. The first-order valence-corrected chi connectivity index (χ1v) is 12.9. The van der Waals surface area contributed by atoms with Crippen LogP contribution in [-0.4, -0.2) is 45.0 Å². The highest BCUT2D eigenvalue weighted by Gasteiger charge is 2.38. The lowest BCUT2D eigenvalue weighted by molar-refractivity contribution is -0.122. The Labute approximate surface area is 236 Å². The Morgan fingerprint density at radius 2 is 1.63 bits per heavy atom. The summed E-state index contributed by atoms with van der Waals surface area (Å²) in [6.07, 6.45) is 1.38. The summed E-state index contributed by atoms with van der Waals surface area (Å²) < 4.78 is 33.4. The second-order valence-electron chi connectivity index (χ2n) is 8.84. The van der Waals surface area contributed by atoms with Crippen LogP contribution in [-0.2, 0) is 16.2 Å². The van der Waals surface area contributed by atoms with Crippen molar-refractivity contribution in [2.45, 2.75) is 20.5 Å². The molecule has 0 radical (unpaired) electrons. The average molecular weight is 561 g/mol. The quantitative estimate of drug-likeness (QED) is 0.283. The van der Waals surface area contributed by atoms with Gasteiger partial charge in [0.2, 0.25) is 6.79 Å². The number of urea groups is 1. The van der Waals surface area contributed by atoms with Crippen LogP contribution in [0.2, 0.25) is 0 Å². The van der Waals surface area contributed by atoms with Crippen molar-refractivity contribution in [1.29, 1.82) is 0 Å². The SMILES string of the molecule is CCOc1ccc(OCC)c(N2C(=O)NC(=O)/C(=C\c3ccc(OCc4ccc5c(c4)OCO5)c(OC)c3)C2=O)c1. The molecule has 4 amide bonds. The summed E-state index contributed by atoms with van der Waals surface area (Å²) in [4.78, 5) is 40.0. The van der Waals surface area contributed by atoms with E-state index in [1.165, 1.54) is 19.3 Å². The number of nitrogens with one attached hydrogen (secondary N) is 1. The van der Waals surface area contributed by atoms with Gasteiger partial charge in [0.15, 0.2) is 23.0 Å². The molecular weight excluding hydrogens is 532 g/mol. The molecule has 41 heavy (non-hydrogen) atoms. The fourth-order valence-electron chi connectivity index (χ4n) is 4.33. The Balaban J connectivity index is 1.40. The third-order valence-corrected chi connectivity index (χ3v) is 6.21. The number of rotatable bonds is 10. The maximum absolute atomic E-state index is 13.5. The molecule has 0 atom stereocenters. The molecule has 0 spiro atoms. The normalized spacial score (nSPS) is 15.1.